The number of rotatable bonds is 7. The van der Waals surface area contributed by atoms with Gasteiger partial charge in [0.05, 0.1) is 13.2 Å². The molecule has 0 aromatic heterocycles. The lowest BCUT2D eigenvalue weighted by molar-refractivity contribution is 0.0963. The molecule has 2 rings (SSSR count). The van der Waals surface area contributed by atoms with Gasteiger partial charge in [-0.25, -0.2) is 4.79 Å². The lowest BCUT2D eigenvalue weighted by Gasteiger charge is -2.31. The first-order valence-electron chi connectivity index (χ1n) is 9.32. The number of para-hydroxylation sites is 1. The number of aliphatic imine (C=N–C) groups is 1. The standard InChI is InChI=1S/C19H30N4O3/c1-3-25-17-8-6-5-7-15(17)9-12-21-18(20)22-16-10-13-23(14-11-16)19(24)26-4-2/h5-8,16H,3-4,9-14H2,1-2H3,(H3,20,21,22). The molecule has 3 N–H and O–H groups in total. The molecular weight excluding hydrogens is 332 g/mol. The number of carbonyl (C=O) groups excluding carboxylic acids is 1. The summed E-state index contributed by atoms with van der Waals surface area (Å²) in [5.41, 5.74) is 7.14. The third-order valence-electron chi connectivity index (χ3n) is 4.31. The normalized spacial score (nSPS) is 15.6. The molecule has 0 atom stereocenters. The zero-order valence-corrected chi connectivity index (χ0v) is 15.7. The molecular formula is C19H30N4O3. The Morgan fingerprint density at radius 3 is 2.69 bits per heavy atom. The molecule has 7 nitrogen and oxygen atoms in total. The predicted octanol–water partition coefficient (Wildman–Crippen LogP) is 2.15. The summed E-state index contributed by atoms with van der Waals surface area (Å²) in [4.78, 5) is 17.9. The SMILES string of the molecule is CCOC(=O)N1CCC(NC(N)=NCCc2ccccc2OCC)CC1. The van der Waals surface area contributed by atoms with E-state index in [0.29, 0.717) is 38.8 Å². The van der Waals surface area contributed by atoms with Crippen molar-refractivity contribution in [2.24, 2.45) is 10.7 Å². The molecule has 0 unspecified atom stereocenters. The van der Waals surface area contributed by atoms with Crippen LogP contribution in [0.25, 0.3) is 0 Å². The Balaban J connectivity index is 1.75. The predicted molar refractivity (Wildman–Crippen MR) is 103 cm³/mol. The lowest BCUT2D eigenvalue weighted by Crippen LogP contribution is -2.48. The van der Waals surface area contributed by atoms with Crippen LogP contribution in [0, 0.1) is 0 Å². The summed E-state index contributed by atoms with van der Waals surface area (Å²) in [6.45, 7) is 6.79. The van der Waals surface area contributed by atoms with Crippen LogP contribution < -0.4 is 15.8 Å². The van der Waals surface area contributed by atoms with Gasteiger partial charge in [-0.3, -0.25) is 4.99 Å². The summed E-state index contributed by atoms with van der Waals surface area (Å²) in [5.74, 6) is 1.36. The highest BCUT2D eigenvalue weighted by Gasteiger charge is 2.23. The van der Waals surface area contributed by atoms with E-state index >= 15 is 0 Å². The minimum Gasteiger partial charge on any atom is -0.494 e. The number of hydrogen-bond acceptors (Lipinski definition) is 4. The lowest BCUT2D eigenvalue weighted by atomic mass is 10.1. The summed E-state index contributed by atoms with van der Waals surface area (Å²) >= 11 is 0. The van der Waals surface area contributed by atoms with Crippen LogP contribution in [0.4, 0.5) is 4.79 Å². The van der Waals surface area contributed by atoms with Crippen LogP contribution in [0.1, 0.15) is 32.3 Å². The molecule has 0 radical (unpaired) electrons. The number of guanidine groups is 1. The summed E-state index contributed by atoms with van der Waals surface area (Å²) in [7, 11) is 0. The summed E-state index contributed by atoms with van der Waals surface area (Å²) in [6.07, 6.45) is 2.21. The number of likely N-dealkylation sites (tertiary alicyclic amines) is 1. The van der Waals surface area contributed by atoms with Gasteiger partial charge in [-0.1, -0.05) is 18.2 Å². The minimum absolute atomic E-state index is 0.236. The Hall–Kier alpha value is -2.44. The Bertz CT molecular complexity index is 598. The van der Waals surface area contributed by atoms with E-state index in [9.17, 15) is 4.79 Å². The molecule has 144 valence electrons. The molecule has 0 bridgehead atoms. The highest BCUT2D eigenvalue weighted by molar-refractivity contribution is 5.78. The largest absolute Gasteiger partial charge is 0.494 e. The first-order valence-corrected chi connectivity index (χ1v) is 9.32. The van der Waals surface area contributed by atoms with Gasteiger partial charge in [-0.05, 0) is 44.7 Å². The van der Waals surface area contributed by atoms with Gasteiger partial charge >= 0.3 is 6.09 Å². The quantitative estimate of drug-likeness (QED) is 0.573. The summed E-state index contributed by atoms with van der Waals surface area (Å²) in [6, 6.07) is 8.23. The third-order valence-corrected chi connectivity index (χ3v) is 4.31. The average molecular weight is 362 g/mol. The van der Waals surface area contributed by atoms with Gasteiger partial charge in [0.15, 0.2) is 5.96 Å². The fourth-order valence-electron chi connectivity index (χ4n) is 2.98. The highest BCUT2D eigenvalue weighted by Crippen LogP contribution is 2.18. The van der Waals surface area contributed by atoms with Gasteiger partial charge in [0.1, 0.15) is 5.75 Å². The molecule has 1 aliphatic rings. The smallest absolute Gasteiger partial charge is 0.409 e. The van der Waals surface area contributed by atoms with Crippen LogP contribution in [0.2, 0.25) is 0 Å². The number of nitrogens with one attached hydrogen (secondary N) is 1. The number of ether oxygens (including phenoxy) is 2. The molecule has 0 saturated carbocycles. The number of amides is 1. The molecule has 7 heteroatoms. The number of carbonyl (C=O) groups is 1. The molecule has 1 saturated heterocycles. The number of nitrogens with zero attached hydrogens (tertiary/aromatic N) is 2. The molecule has 1 aromatic carbocycles. The Morgan fingerprint density at radius 1 is 1.27 bits per heavy atom. The van der Waals surface area contributed by atoms with E-state index < -0.39 is 0 Å². The van der Waals surface area contributed by atoms with Gasteiger partial charge in [0.2, 0.25) is 0 Å². The maximum Gasteiger partial charge on any atom is 0.409 e. The molecule has 1 heterocycles. The Labute approximate surface area is 155 Å². The van der Waals surface area contributed by atoms with Crippen molar-refractivity contribution < 1.29 is 14.3 Å². The van der Waals surface area contributed by atoms with Crippen molar-refractivity contribution >= 4 is 12.1 Å². The van der Waals surface area contributed by atoms with Crippen molar-refractivity contribution in [2.45, 2.75) is 39.2 Å². The van der Waals surface area contributed by atoms with Crippen molar-refractivity contribution in [3.05, 3.63) is 29.8 Å². The van der Waals surface area contributed by atoms with E-state index in [4.69, 9.17) is 15.2 Å². The molecule has 1 fully saturated rings. The maximum absolute atomic E-state index is 11.7. The number of hydrogen-bond donors (Lipinski definition) is 2. The zero-order valence-electron chi connectivity index (χ0n) is 15.7. The molecule has 1 amide bonds. The van der Waals surface area contributed by atoms with E-state index in [1.807, 2.05) is 32.0 Å². The van der Waals surface area contributed by atoms with E-state index in [0.717, 1.165) is 30.6 Å². The fraction of sp³-hybridized carbons (Fsp3) is 0.579. The van der Waals surface area contributed by atoms with Crippen molar-refractivity contribution in [2.75, 3.05) is 32.8 Å². The number of nitrogens with two attached hydrogens (primary N) is 1. The van der Waals surface area contributed by atoms with Crippen molar-refractivity contribution in [1.82, 2.24) is 10.2 Å². The van der Waals surface area contributed by atoms with Gasteiger partial charge in [-0.15, -0.1) is 0 Å². The van der Waals surface area contributed by atoms with E-state index in [-0.39, 0.29) is 12.1 Å². The van der Waals surface area contributed by atoms with Crippen molar-refractivity contribution in [3.8, 4) is 5.75 Å². The molecule has 1 aromatic rings. The van der Waals surface area contributed by atoms with E-state index in [2.05, 4.69) is 16.4 Å². The molecule has 26 heavy (non-hydrogen) atoms. The van der Waals surface area contributed by atoms with Gasteiger partial charge < -0.3 is 25.4 Å². The van der Waals surface area contributed by atoms with E-state index in [1.165, 1.54) is 0 Å². The zero-order chi connectivity index (χ0) is 18.8. The Morgan fingerprint density at radius 2 is 2.00 bits per heavy atom. The van der Waals surface area contributed by atoms with Gasteiger partial charge in [-0.2, -0.15) is 0 Å². The van der Waals surface area contributed by atoms with Crippen LogP contribution in [0.3, 0.4) is 0 Å². The molecule has 1 aliphatic heterocycles. The monoisotopic (exact) mass is 362 g/mol. The molecule has 0 aliphatic carbocycles. The fourth-order valence-corrected chi connectivity index (χ4v) is 2.98. The van der Waals surface area contributed by atoms with Crippen molar-refractivity contribution in [3.63, 3.8) is 0 Å². The minimum atomic E-state index is -0.236. The maximum atomic E-state index is 11.7. The van der Waals surface area contributed by atoms with Crippen molar-refractivity contribution in [1.29, 1.82) is 0 Å². The van der Waals surface area contributed by atoms with Gasteiger partial charge in [0, 0.05) is 25.7 Å². The third kappa shape index (κ3) is 6.13. The van der Waals surface area contributed by atoms with E-state index in [1.54, 1.807) is 4.90 Å². The van der Waals surface area contributed by atoms with Gasteiger partial charge in [0.25, 0.3) is 0 Å². The molecule has 0 spiro atoms. The number of benzene rings is 1. The second kappa shape index (κ2) is 10.5. The highest BCUT2D eigenvalue weighted by atomic mass is 16.6. The average Bonchev–Trinajstić information content (AvgIpc) is 2.64. The second-order valence-electron chi connectivity index (χ2n) is 6.16. The van der Waals surface area contributed by atoms with Crippen LogP contribution in [0.15, 0.2) is 29.3 Å². The summed E-state index contributed by atoms with van der Waals surface area (Å²) in [5, 5.41) is 3.25. The van der Waals surface area contributed by atoms with Crippen LogP contribution in [0.5, 0.6) is 5.75 Å². The first kappa shape index (κ1) is 19.9. The summed E-state index contributed by atoms with van der Waals surface area (Å²) < 4.78 is 10.7. The second-order valence-corrected chi connectivity index (χ2v) is 6.16. The number of piperidine rings is 1. The topological polar surface area (TPSA) is 89.2 Å². The Kier molecular flexibility index (Phi) is 8.05. The van der Waals surface area contributed by atoms with Crippen LogP contribution in [-0.4, -0.2) is 55.8 Å². The van der Waals surface area contributed by atoms with Crippen LogP contribution >= 0.6 is 0 Å². The first-order chi connectivity index (χ1) is 12.6. The van der Waals surface area contributed by atoms with Crippen LogP contribution in [-0.2, 0) is 11.2 Å².